The molecule has 0 aliphatic carbocycles. The molecule has 0 atom stereocenters. The summed E-state index contributed by atoms with van der Waals surface area (Å²) < 4.78 is 38.1. The second kappa shape index (κ2) is 3.23. The van der Waals surface area contributed by atoms with Crippen LogP contribution in [0.25, 0.3) is 0 Å². The quantitative estimate of drug-likeness (QED) is 0.537. The van der Waals surface area contributed by atoms with Gasteiger partial charge < -0.3 is 5.32 Å². The third-order valence-corrected chi connectivity index (χ3v) is 1.71. The van der Waals surface area contributed by atoms with Gasteiger partial charge in [-0.25, -0.2) is 13.2 Å². The molecule has 1 rings (SSSR count). The molecule has 0 fully saturated rings. The van der Waals surface area contributed by atoms with E-state index in [1.54, 1.807) is 0 Å². The molecule has 1 nitrogen and oxygen atoms in total. The molecule has 5 heteroatoms. The van der Waals surface area contributed by atoms with E-state index >= 15 is 0 Å². The molecule has 0 radical (unpaired) electrons. The Labute approximate surface area is 72.1 Å². The summed E-state index contributed by atoms with van der Waals surface area (Å²) in [6, 6.07) is 0.525. The molecule has 0 spiro atoms. The van der Waals surface area contributed by atoms with Crippen LogP contribution in [0.4, 0.5) is 18.9 Å². The second-order valence-corrected chi connectivity index (χ2v) is 2.47. The summed E-state index contributed by atoms with van der Waals surface area (Å²) in [5.41, 5.74) is -0.429. The van der Waals surface area contributed by atoms with Crippen molar-refractivity contribution in [2.45, 2.75) is 0 Å². The lowest BCUT2D eigenvalue weighted by molar-refractivity contribution is 0.549. The van der Waals surface area contributed by atoms with E-state index in [9.17, 15) is 13.2 Å². The molecule has 12 heavy (non-hydrogen) atoms. The monoisotopic (exact) mass is 195 g/mol. The van der Waals surface area contributed by atoms with Crippen LogP contribution in [0.3, 0.4) is 0 Å². The van der Waals surface area contributed by atoms with Crippen molar-refractivity contribution in [3.63, 3.8) is 0 Å². The molecule has 0 aliphatic heterocycles. The number of rotatable bonds is 1. The summed E-state index contributed by atoms with van der Waals surface area (Å²) in [7, 11) is 1.32. The number of hydrogen-bond donors (Lipinski definition) is 1. The van der Waals surface area contributed by atoms with Crippen molar-refractivity contribution in [2.75, 3.05) is 12.4 Å². The molecule has 0 saturated heterocycles. The molecule has 0 bridgehead atoms. The van der Waals surface area contributed by atoms with Crippen LogP contribution < -0.4 is 5.32 Å². The zero-order valence-electron chi connectivity index (χ0n) is 6.09. The number of benzene rings is 1. The summed E-state index contributed by atoms with van der Waals surface area (Å²) in [5, 5.41) is 1.52. The lowest BCUT2D eigenvalue weighted by Crippen LogP contribution is -1.99. The van der Waals surface area contributed by atoms with Crippen molar-refractivity contribution in [2.24, 2.45) is 0 Å². The topological polar surface area (TPSA) is 12.0 Å². The van der Waals surface area contributed by atoms with Crippen LogP contribution in [0.15, 0.2) is 6.07 Å². The van der Waals surface area contributed by atoms with E-state index in [0.717, 1.165) is 0 Å². The van der Waals surface area contributed by atoms with E-state index in [2.05, 4.69) is 5.32 Å². The van der Waals surface area contributed by atoms with Crippen LogP contribution in [0.5, 0.6) is 0 Å². The molecule has 1 N–H and O–H groups in total. The number of nitrogens with one attached hydrogen (secondary N) is 1. The zero-order valence-corrected chi connectivity index (χ0v) is 6.85. The highest BCUT2D eigenvalue weighted by Gasteiger charge is 2.15. The molecule has 0 aliphatic rings. The highest BCUT2D eigenvalue weighted by molar-refractivity contribution is 6.31. The molecule has 66 valence electrons. The van der Waals surface area contributed by atoms with Gasteiger partial charge in [-0.1, -0.05) is 11.6 Å². The van der Waals surface area contributed by atoms with E-state index in [0.29, 0.717) is 6.07 Å². The van der Waals surface area contributed by atoms with Gasteiger partial charge in [-0.15, -0.1) is 0 Å². The van der Waals surface area contributed by atoms with Crippen molar-refractivity contribution >= 4 is 17.3 Å². The average Bonchev–Trinajstić information content (AvgIpc) is 2.01. The van der Waals surface area contributed by atoms with E-state index in [1.807, 2.05) is 0 Å². The highest BCUT2D eigenvalue weighted by Crippen LogP contribution is 2.27. The standard InChI is InChI=1S/C7H5ClF3N/c1-12-7-4(10)2-3(9)5(8)6(7)11/h2,12H,1H3. The maximum Gasteiger partial charge on any atom is 0.170 e. The van der Waals surface area contributed by atoms with Crippen molar-refractivity contribution in [1.82, 2.24) is 0 Å². The van der Waals surface area contributed by atoms with Gasteiger partial charge in [-0.2, -0.15) is 0 Å². The van der Waals surface area contributed by atoms with Gasteiger partial charge in [0.05, 0.1) is 0 Å². The van der Waals surface area contributed by atoms with E-state index in [-0.39, 0.29) is 0 Å². The molecule has 0 heterocycles. The lowest BCUT2D eigenvalue weighted by atomic mass is 10.3. The Morgan fingerprint density at radius 2 is 1.83 bits per heavy atom. The molecule has 1 aromatic carbocycles. The maximum atomic E-state index is 12.8. The van der Waals surface area contributed by atoms with Crippen LogP contribution in [0.2, 0.25) is 5.02 Å². The third-order valence-electron chi connectivity index (χ3n) is 1.36. The van der Waals surface area contributed by atoms with Crippen LogP contribution in [-0.4, -0.2) is 7.05 Å². The first-order chi connectivity index (χ1) is 5.57. The van der Waals surface area contributed by atoms with Crippen LogP contribution in [0, 0.1) is 17.5 Å². The van der Waals surface area contributed by atoms with Gasteiger partial charge in [0.1, 0.15) is 16.5 Å². The molecule has 0 saturated carbocycles. The fraction of sp³-hybridized carbons (Fsp3) is 0.143. The van der Waals surface area contributed by atoms with Gasteiger partial charge in [0.2, 0.25) is 0 Å². The summed E-state index contributed by atoms with van der Waals surface area (Å²) in [4.78, 5) is 0. The smallest absolute Gasteiger partial charge is 0.170 e. The predicted octanol–water partition coefficient (Wildman–Crippen LogP) is 2.80. The Morgan fingerprint density at radius 3 is 2.33 bits per heavy atom. The van der Waals surface area contributed by atoms with Gasteiger partial charge in [0, 0.05) is 13.1 Å². The highest BCUT2D eigenvalue weighted by atomic mass is 35.5. The SMILES string of the molecule is CNc1c(F)cc(F)c(Cl)c1F. The minimum atomic E-state index is -1.11. The fourth-order valence-electron chi connectivity index (χ4n) is 0.795. The summed E-state index contributed by atoms with van der Waals surface area (Å²) in [5.74, 6) is -3.22. The van der Waals surface area contributed by atoms with Gasteiger partial charge in [0.25, 0.3) is 0 Å². The zero-order chi connectivity index (χ0) is 9.30. The van der Waals surface area contributed by atoms with Gasteiger partial charge in [0.15, 0.2) is 11.6 Å². The van der Waals surface area contributed by atoms with Gasteiger partial charge in [-0.05, 0) is 0 Å². The van der Waals surface area contributed by atoms with E-state index in [1.165, 1.54) is 7.05 Å². The Balaban J connectivity index is 3.40. The van der Waals surface area contributed by atoms with Crippen LogP contribution in [0.1, 0.15) is 0 Å². The summed E-state index contributed by atoms with van der Waals surface area (Å²) in [6.07, 6.45) is 0. The molecule has 0 unspecified atom stereocenters. The third kappa shape index (κ3) is 1.34. The van der Waals surface area contributed by atoms with Gasteiger partial charge >= 0.3 is 0 Å². The average molecular weight is 196 g/mol. The molecule has 1 aromatic rings. The minimum Gasteiger partial charge on any atom is -0.383 e. The van der Waals surface area contributed by atoms with Crippen LogP contribution >= 0.6 is 11.6 Å². The summed E-state index contributed by atoms with van der Waals surface area (Å²) >= 11 is 5.18. The normalized spacial score (nSPS) is 10.1. The van der Waals surface area contributed by atoms with E-state index < -0.39 is 28.2 Å². The first-order valence-corrected chi connectivity index (χ1v) is 3.46. The predicted molar refractivity (Wildman–Crippen MR) is 40.9 cm³/mol. The Hall–Kier alpha value is -0.900. The Morgan fingerprint density at radius 1 is 1.25 bits per heavy atom. The minimum absolute atomic E-state index is 0.429. The van der Waals surface area contributed by atoms with Crippen molar-refractivity contribution < 1.29 is 13.2 Å². The molecular formula is C7H5ClF3N. The molecule has 0 amide bonds. The van der Waals surface area contributed by atoms with Crippen molar-refractivity contribution in [1.29, 1.82) is 0 Å². The first-order valence-electron chi connectivity index (χ1n) is 3.08. The lowest BCUT2D eigenvalue weighted by Gasteiger charge is -2.05. The first kappa shape index (κ1) is 9.19. The van der Waals surface area contributed by atoms with Crippen molar-refractivity contribution in [3.8, 4) is 0 Å². The number of anilines is 1. The number of halogens is 4. The second-order valence-electron chi connectivity index (χ2n) is 2.09. The Kier molecular flexibility index (Phi) is 2.47. The molecule has 0 aromatic heterocycles. The Bertz CT molecular complexity index is 314. The molecular weight excluding hydrogens is 191 g/mol. The van der Waals surface area contributed by atoms with Gasteiger partial charge in [-0.3, -0.25) is 0 Å². The summed E-state index contributed by atoms with van der Waals surface area (Å²) in [6.45, 7) is 0. The maximum absolute atomic E-state index is 12.8. The fourth-order valence-corrected chi connectivity index (χ4v) is 0.944. The van der Waals surface area contributed by atoms with Crippen molar-refractivity contribution in [3.05, 3.63) is 28.5 Å². The van der Waals surface area contributed by atoms with Crippen LogP contribution in [-0.2, 0) is 0 Å². The van der Waals surface area contributed by atoms with E-state index in [4.69, 9.17) is 11.6 Å². The largest absolute Gasteiger partial charge is 0.383 e. The number of hydrogen-bond acceptors (Lipinski definition) is 1.